The fraction of sp³-hybridized carbons (Fsp3) is 0. The van der Waals surface area contributed by atoms with Gasteiger partial charge in [-0.2, -0.15) is 0 Å². The minimum atomic E-state index is 1.24. The van der Waals surface area contributed by atoms with E-state index in [1.165, 1.54) is 153 Å². The van der Waals surface area contributed by atoms with Crippen LogP contribution in [0.2, 0.25) is 0 Å². The highest BCUT2D eigenvalue weighted by Crippen LogP contribution is 2.59. The van der Waals surface area contributed by atoms with Gasteiger partial charge in [0.15, 0.2) is 0 Å². The Kier molecular flexibility index (Phi) is 6.77. The molecular formula is C64H36. The van der Waals surface area contributed by atoms with E-state index in [-0.39, 0.29) is 0 Å². The molecule has 14 aromatic carbocycles. The van der Waals surface area contributed by atoms with E-state index in [0.29, 0.717) is 0 Å². The van der Waals surface area contributed by atoms with Crippen molar-refractivity contribution in [3.8, 4) is 66.8 Å². The Bertz CT molecular complexity index is 4160. The second-order valence-corrected chi connectivity index (χ2v) is 17.7. The van der Waals surface area contributed by atoms with Crippen LogP contribution in [0, 0.1) is 0 Å². The minimum Gasteiger partial charge on any atom is -0.0622 e. The summed E-state index contributed by atoms with van der Waals surface area (Å²) in [5.41, 5.74) is 15.5. The Morgan fingerprint density at radius 2 is 0.531 bits per heavy atom. The topological polar surface area (TPSA) is 0 Å². The van der Waals surface area contributed by atoms with Crippen molar-refractivity contribution in [3.05, 3.63) is 218 Å². The van der Waals surface area contributed by atoms with Crippen molar-refractivity contribution < 1.29 is 0 Å². The van der Waals surface area contributed by atoms with Gasteiger partial charge in [0.25, 0.3) is 0 Å². The summed E-state index contributed by atoms with van der Waals surface area (Å²) >= 11 is 0. The van der Waals surface area contributed by atoms with Crippen LogP contribution in [0.5, 0.6) is 0 Å². The maximum absolute atomic E-state index is 2.44. The lowest BCUT2D eigenvalue weighted by Gasteiger charge is -2.20. The Morgan fingerprint density at radius 1 is 0.141 bits per heavy atom. The lowest BCUT2D eigenvalue weighted by molar-refractivity contribution is 1.62. The molecule has 0 heterocycles. The van der Waals surface area contributed by atoms with E-state index in [9.17, 15) is 0 Å². The van der Waals surface area contributed by atoms with Crippen LogP contribution < -0.4 is 0 Å². The Balaban J connectivity index is 1.06. The zero-order valence-electron chi connectivity index (χ0n) is 34.8. The van der Waals surface area contributed by atoms with Crippen molar-refractivity contribution in [3.63, 3.8) is 0 Å². The summed E-state index contributed by atoms with van der Waals surface area (Å²) in [7, 11) is 0. The Hall–Kier alpha value is -8.32. The fourth-order valence-electron chi connectivity index (χ4n) is 12.3. The Labute approximate surface area is 369 Å². The van der Waals surface area contributed by atoms with Gasteiger partial charge in [-0.05, 0) is 153 Å². The van der Waals surface area contributed by atoms with Crippen molar-refractivity contribution in [1.29, 1.82) is 0 Å². The van der Waals surface area contributed by atoms with E-state index in [4.69, 9.17) is 0 Å². The second-order valence-electron chi connectivity index (χ2n) is 17.7. The van der Waals surface area contributed by atoms with E-state index >= 15 is 0 Å². The molecule has 0 amide bonds. The van der Waals surface area contributed by atoms with Gasteiger partial charge in [0.1, 0.15) is 0 Å². The molecule has 0 spiro atoms. The van der Waals surface area contributed by atoms with Gasteiger partial charge in [-0.3, -0.25) is 0 Å². The molecule has 0 N–H and O–H groups in total. The first kappa shape index (κ1) is 34.3. The quantitative estimate of drug-likeness (QED) is 0.166. The molecule has 0 unspecified atom stereocenters. The minimum absolute atomic E-state index is 1.24. The fourth-order valence-corrected chi connectivity index (χ4v) is 12.3. The van der Waals surface area contributed by atoms with Crippen LogP contribution in [0.15, 0.2) is 218 Å². The maximum Gasteiger partial charge on any atom is -0.000696 e. The van der Waals surface area contributed by atoms with Crippen LogP contribution in [-0.2, 0) is 0 Å². The molecule has 0 saturated carbocycles. The highest BCUT2D eigenvalue weighted by Gasteiger charge is 2.32. The van der Waals surface area contributed by atoms with Crippen molar-refractivity contribution >= 4 is 86.2 Å². The van der Waals surface area contributed by atoms with Crippen molar-refractivity contribution in [2.24, 2.45) is 0 Å². The van der Waals surface area contributed by atoms with Gasteiger partial charge in [-0.25, -0.2) is 0 Å². The Morgan fingerprint density at radius 3 is 1.17 bits per heavy atom. The number of rotatable bonds is 4. The molecule has 14 aromatic rings. The molecule has 64 heavy (non-hydrogen) atoms. The maximum atomic E-state index is 2.44. The zero-order chi connectivity index (χ0) is 41.6. The SMILES string of the molecule is c1ccc(-c2c3c(c(-c4ccccc4)c4ccccc24)-c2ccc(-c4ccc5c6c4cccc6c4c(-c6ccccc6)c6cccc7c8ccccc8c(c67)c54)c4cccc-3c24)cc1. The molecule has 0 bridgehead atoms. The van der Waals surface area contributed by atoms with E-state index < -0.39 is 0 Å². The average molecular weight is 805 g/mol. The highest BCUT2D eigenvalue weighted by molar-refractivity contribution is 6.48. The van der Waals surface area contributed by atoms with Crippen LogP contribution in [0.25, 0.3) is 153 Å². The normalized spacial score (nSPS) is 12.4. The van der Waals surface area contributed by atoms with Crippen molar-refractivity contribution in [2.45, 2.75) is 0 Å². The summed E-state index contributed by atoms with van der Waals surface area (Å²) in [4.78, 5) is 0. The molecule has 0 nitrogen and oxygen atoms in total. The van der Waals surface area contributed by atoms with Crippen LogP contribution in [0.4, 0.5) is 0 Å². The van der Waals surface area contributed by atoms with Crippen LogP contribution in [-0.4, -0.2) is 0 Å². The van der Waals surface area contributed by atoms with Gasteiger partial charge in [-0.15, -0.1) is 0 Å². The first-order valence-electron chi connectivity index (χ1n) is 22.4. The number of hydrogen-bond donors (Lipinski definition) is 0. The standard InChI is InChI=1S/C64H36/c1-4-17-37(18-5-1)54-47-25-12-13-26-48(47)55(38-19-6-2-7-20-38)63-52-35-33-41(43-27-14-31-50(57(43)52)61(54)63)42-34-36-53-58-44(42)28-15-32-51(58)62-56(39-21-8-3-9-22-39)49-30-16-29-45-40-23-10-11-24-46(40)60(59(45)49)64(53)62/h1-36H. The first-order valence-corrected chi connectivity index (χ1v) is 22.4. The van der Waals surface area contributed by atoms with Gasteiger partial charge < -0.3 is 0 Å². The van der Waals surface area contributed by atoms with Gasteiger partial charge >= 0.3 is 0 Å². The molecule has 0 aliphatic heterocycles. The van der Waals surface area contributed by atoms with Crippen molar-refractivity contribution in [1.82, 2.24) is 0 Å². The van der Waals surface area contributed by atoms with Crippen LogP contribution in [0.1, 0.15) is 0 Å². The third-order valence-electron chi connectivity index (χ3n) is 14.7. The molecule has 1 aliphatic carbocycles. The van der Waals surface area contributed by atoms with Gasteiger partial charge in [0, 0.05) is 0 Å². The molecule has 0 heteroatoms. The van der Waals surface area contributed by atoms with E-state index in [0.717, 1.165) is 0 Å². The van der Waals surface area contributed by atoms with Gasteiger partial charge in [-0.1, -0.05) is 218 Å². The average Bonchev–Trinajstić information content (AvgIpc) is 4.00. The summed E-state index contributed by atoms with van der Waals surface area (Å²) in [6, 6.07) is 81.9. The summed E-state index contributed by atoms with van der Waals surface area (Å²) in [6.07, 6.45) is 0. The van der Waals surface area contributed by atoms with E-state index in [2.05, 4.69) is 218 Å². The third kappa shape index (κ3) is 4.32. The molecule has 292 valence electrons. The summed E-state index contributed by atoms with van der Waals surface area (Å²) in [5.74, 6) is 0. The molecule has 0 radical (unpaired) electrons. The number of fused-ring (bicyclic) bond motifs is 11. The molecule has 0 atom stereocenters. The summed E-state index contributed by atoms with van der Waals surface area (Å²) in [6.45, 7) is 0. The van der Waals surface area contributed by atoms with E-state index in [1.54, 1.807) is 0 Å². The lowest BCUT2D eigenvalue weighted by Crippen LogP contribution is -1.93. The molecule has 15 rings (SSSR count). The van der Waals surface area contributed by atoms with E-state index in [1.807, 2.05) is 0 Å². The van der Waals surface area contributed by atoms with Gasteiger partial charge in [0.05, 0.1) is 0 Å². The predicted octanol–water partition coefficient (Wildman–Crippen LogP) is 18.1. The largest absolute Gasteiger partial charge is 0.0622 e. The summed E-state index contributed by atoms with van der Waals surface area (Å²) in [5, 5.41) is 21.3. The molecule has 1 aliphatic rings. The molecule has 0 aromatic heterocycles. The highest BCUT2D eigenvalue weighted by atomic mass is 14.3. The second kappa shape index (κ2) is 12.6. The molecule has 0 fully saturated rings. The molecular weight excluding hydrogens is 769 g/mol. The summed E-state index contributed by atoms with van der Waals surface area (Å²) < 4.78 is 0. The zero-order valence-corrected chi connectivity index (χ0v) is 34.8. The van der Waals surface area contributed by atoms with Crippen molar-refractivity contribution in [2.75, 3.05) is 0 Å². The first-order chi connectivity index (χ1) is 31.8. The molecule has 0 saturated heterocycles. The smallest absolute Gasteiger partial charge is 0.000696 e. The van der Waals surface area contributed by atoms with Gasteiger partial charge in [0.2, 0.25) is 0 Å². The predicted molar refractivity (Wildman–Crippen MR) is 275 cm³/mol. The number of benzene rings is 12. The third-order valence-corrected chi connectivity index (χ3v) is 14.7. The lowest BCUT2D eigenvalue weighted by atomic mass is 9.82. The monoisotopic (exact) mass is 804 g/mol. The number of hydrogen-bond acceptors (Lipinski definition) is 0. The van der Waals surface area contributed by atoms with Crippen LogP contribution >= 0.6 is 0 Å². The van der Waals surface area contributed by atoms with Crippen LogP contribution in [0.3, 0.4) is 0 Å².